The molecule has 0 atom stereocenters. The molecule has 21 heavy (non-hydrogen) atoms. The van der Waals surface area contributed by atoms with E-state index in [2.05, 4.69) is 20.9 Å². The Kier molecular flexibility index (Phi) is 3.84. The molecule has 0 unspecified atom stereocenters. The second kappa shape index (κ2) is 5.77. The Morgan fingerprint density at radius 2 is 2.05 bits per heavy atom. The molecule has 1 heterocycles. The first-order valence-corrected chi connectivity index (χ1v) is 7.28. The minimum Gasteiger partial charge on any atom is -0.323 e. The third kappa shape index (κ3) is 3.03. The first kappa shape index (κ1) is 13.9. The average molecular weight is 347 g/mol. The van der Waals surface area contributed by atoms with E-state index >= 15 is 0 Å². The molecule has 0 bridgehead atoms. The van der Waals surface area contributed by atoms with Crippen molar-refractivity contribution in [1.29, 1.82) is 0 Å². The van der Waals surface area contributed by atoms with Gasteiger partial charge in [-0.25, -0.2) is 9.37 Å². The number of carbonyl (C=O) groups is 1. The fourth-order valence-corrected chi connectivity index (χ4v) is 2.59. The zero-order valence-corrected chi connectivity index (χ0v) is 12.7. The van der Waals surface area contributed by atoms with E-state index in [4.69, 9.17) is 0 Å². The maximum absolute atomic E-state index is 13.7. The normalized spacial score (nSPS) is 11.0. The minimum atomic E-state index is -0.367. The van der Waals surface area contributed by atoms with Gasteiger partial charge in [0.2, 0.25) is 0 Å². The van der Waals surface area contributed by atoms with Gasteiger partial charge in [-0.1, -0.05) is 34.1 Å². The van der Waals surface area contributed by atoms with Crippen LogP contribution in [0.15, 0.2) is 53.3 Å². The molecule has 0 aliphatic rings. The molecule has 0 aliphatic carbocycles. The Balaban J connectivity index is 1.77. The Morgan fingerprint density at radius 3 is 2.86 bits per heavy atom. The van der Waals surface area contributed by atoms with E-state index in [0.717, 1.165) is 11.0 Å². The van der Waals surface area contributed by atoms with E-state index < -0.39 is 0 Å². The third-order valence-electron chi connectivity index (χ3n) is 3.28. The summed E-state index contributed by atoms with van der Waals surface area (Å²) < 4.78 is 16.2. The summed E-state index contributed by atoms with van der Waals surface area (Å²) in [4.78, 5) is 16.4. The molecule has 0 fully saturated rings. The van der Waals surface area contributed by atoms with Crippen LogP contribution in [0.2, 0.25) is 0 Å². The van der Waals surface area contributed by atoms with E-state index in [0.29, 0.717) is 10.0 Å². The fourth-order valence-electron chi connectivity index (χ4n) is 2.26. The van der Waals surface area contributed by atoms with Crippen molar-refractivity contribution in [2.24, 2.45) is 0 Å². The number of imidazole rings is 1. The molecule has 0 spiro atoms. The molecule has 3 aromatic rings. The number of ketones is 1. The van der Waals surface area contributed by atoms with Gasteiger partial charge in [-0.2, -0.15) is 0 Å². The number of para-hydroxylation sites is 2. The molecule has 0 N–H and O–H groups in total. The third-order valence-corrected chi connectivity index (χ3v) is 3.77. The number of benzene rings is 2. The van der Waals surface area contributed by atoms with Gasteiger partial charge >= 0.3 is 0 Å². The van der Waals surface area contributed by atoms with E-state index in [1.807, 2.05) is 24.3 Å². The van der Waals surface area contributed by atoms with Gasteiger partial charge in [0.15, 0.2) is 5.78 Å². The van der Waals surface area contributed by atoms with Crippen LogP contribution in [0.4, 0.5) is 4.39 Å². The Morgan fingerprint density at radius 1 is 1.24 bits per heavy atom. The van der Waals surface area contributed by atoms with Crippen LogP contribution < -0.4 is 0 Å². The van der Waals surface area contributed by atoms with Crippen molar-refractivity contribution in [3.8, 4) is 0 Å². The highest BCUT2D eigenvalue weighted by Crippen LogP contribution is 2.17. The van der Waals surface area contributed by atoms with Crippen molar-refractivity contribution >= 4 is 32.7 Å². The molecule has 3 nitrogen and oxygen atoms in total. The van der Waals surface area contributed by atoms with E-state index in [-0.39, 0.29) is 24.6 Å². The number of rotatable bonds is 4. The number of aromatic nitrogens is 2. The lowest BCUT2D eigenvalue weighted by atomic mass is 10.1. The van der Waals surface area contributed by atoms with E-state index in [1.54, 1.807) is 23.0 Å². The summed E-state index contributed by atoms with van der Waals surface area (Å²) in [6.45, 7) is 0.190. The van der Waals surface area contributed by atoms with Crippen LogP contribution in [0.1, 0.15) is 5.56 Å². The van der Waals surface area contributed by atoms with Gasteiger partial charge < -0.3 is 4.57 Å². The number of nitrogens with zero attached hydrogens (tertiary/aromatic N) is 2. The summed E-state index contributed by atoms with van der Waals surface area (Å²) in [5, 5.41) is 0. The maximum Gasteiger partial charge on any atom is 0.157 e. The molecular weight excluding hydrogens is 335 g/mol. The van der Waals surface area contributed by atoms with Crippen molar-refractivity contribution in [1.82, 2.24) is 9.55 Å². The molecule has 5 heteroatoms. The number of hydrogen-bond acceptors (Lipinski definition) is 2. The highest BCUT2D eigenvalue weighted by atomic mass is 79.9. The van der Waals surface area contributed by atoms with Crippen molar-refractivity contribution in [3.05, 3.63) is 64.6 Å². The first-order valence-electron chi connectivity index (χ1n) is 6.49. The molecule has 0 saturated heterocycles. The van der Waals surface area contributed by atoms with Gasteiger partial charge in [-0.15, -0.1) is 0 Å². The van der Waals surface area contributed by atoms with Crippen LogP contribution in [0, 0.1) is 5.82 Å². The molecular formula is C16H12BrFN2O. The van der Waals surface area contributed by atoms with Crippen molar-refractivity contribution < 1.29 is 9.18 Å². The second-order valence-electron chi connectivity index (χ2n) is 4.81. The Labute approximate surface area is 129 Å². The fraction of sp³-hybridized carbons (Fsp3) is 0.125. The SMILES string of the molecule is O=C(Cc1ccc(Br)cc1F)Cn1cnc2ccccc21. The van der Waals surface area contributed by atoms with Crippen LogP contribution in [-0.2, 0) is 17.8 Å². The largest absolute Gasteiger partial charge is 0.323 e. The van der Waals surface area contributed by atoms with Crippen molar-refractivity contribution in [2.75, 3.05) is 0 Å². The van der Waals surface area contributed by atoms with Crippen molar-refractivity contribution in [3.63, 3.8) is 0 Å². The molecule has 0 saturated carbocycles. The van der Waals surface area contributed by atoms with Gasteiger partial charge in [0.1, 0.15) is 5.82 Å². The molecule has 0 radical (unpaired) electrons. The lowest BCUT2D eigenvalue weighted by Crippen LogP contribution is -2.12. The zero-order valence-electron chi connectivity index (χ0n) is 11.1. The summed E-state index contributed by atoms with van der Waals surface area (Å²) in [7, 11) is 0. The summed E-state index contributed by atoms with van der Waals surface area (Å²) in [6, 6.07) is 12.3. The number of hydrogen-bond donors (Lipinski definition) is 0. The lowest BCUT2D eigenvalue weighted by molar-refractivity contribution is -0.119. The van der Waals surface area contributed by atoms with Gasteiger partial charge in [0, 0.05) is 10.9 Å². The molecule has 0 aliphatic heterocycles. The summed E-state index contributed by atoms with van der Waals surface area (Å²) >= 11 is 3.20. The average Bonchev–Trinajstić information content (AvgIpc) is 2.85. The van der Waals surface area contributed by atoms with Gasteiger partial charge in [0.05, 0.1) is 23.9 Å². The van der Waals surface area contributed by atoms with Gasteiger partial charge in [0.25, 0.3) is 0 Å². The Bertz CT molecular complexity index is 813. The van der Waals surface area contributed by atoms with Crippen LogP contribution >= 0.6 is 15.9 Å². The van der Waals surface area contributed by atoms with Gasteiger partial charge in [-0.3, -0.25) is 4.79 Å². The number of carbonyl (C=O) groups excluding carboxylic acids is 1. The van der Waals surface area contributed by atoms with E-state index in [9.17, 15) is 9.18 Å². The summed E-state index contributed by atoms with van der Waals surface area (Å²) in [5.41, 5.74) is 2.16. The monoisotopic (exact) mass is 346 g/mol. The highest BCUT2D eigenvalue weighted by molar-refractivity contribution is 9.10. The second-order valence-corrected chi connectivity index (χ2v) is 5.73. The molecule has 106 valence electrons. The highest BCUT2D eigenvalue weighted by Gasteiger charge is 2.11. The zero-order chi connectivity index (χ0) is 14.8. The van der Waals surface area contributed by atoms with Crippen LogP contribution in [0.3, 0.4) is 0 Å². The summed E-state index contributed by atoms with van der Waals surface area (Å²) in [6.07, 6.45) is 1.71. The quantitative estimate of drug-likeness (QED) is 0.721. The minimum absolute atomic E-state index is 0.0561. The summed E-state index contributed by atoms with van der Waals surface area (Å²) in [5.74, 6) is -0.424. The number of Topliss-reactive ketones (excluding diaryl/α,β-unsaturated/α-hetero) is 1. The lowest BCUT2D eigenvalue weighted by Gasteiger charge is -2.05. The predicted octanol–water partition coefficient (Wildman–Crippen LogP) is 3.75. The van der Waals surface area contributed by atoms with Gasteiger partial charge in [-0.05, 0) is 29.8 Å². The molecule has 0 amide bonds. The standard InChI is InChI=1S/C16H12BrFN2O/c17-12-6-5-11(14(18)8-12)7-13(21)9-20-10-19-15-3-1-2-4-16(15)20/h1-6,8,10H,7,9H2. The maximum atomic E-state index is 13.7. The molecule has 1 aromatic heterocycles. The van der Waals surface area contributed by atoms with E-state index in [1.165, 1.54) is 6.07 Å². The Hall–Kier alpha value is -2.01. The predicted molar refractivity (Wildman–Crippen MR) is 82.5 cm³/mol. The molecule has 2 aromatic carbocycles. The van der Waals surface area contributed by atoms with Crippen LogP contribution in [-0.4, -0.2) is 15.3 Å². The smallest absolute Gasteiger partial charge is 0.157 e. The molecule has 3 rings (SSSR count). The van der Waals surface area contributed by atoms with Crippen molar-refractivity contribution in [2.45, 2.75) is 13.0 Å². The number of fused-ring (bicyclic) bond motifs is 1. The number of halogens is 2. The topological polar surface area (TPSA) is 34.9 Å². The van der Waals surface area contributed by atoms with Crippen LogP contribution in [0.5, 0.6) is 0 Å². The first-order chi connectivity index (χ1) is 10.1. The van der Waals surface area contributed by atoms with Crippen LogP contribution in [0.25, 0.3) is 11.0 Å².